The maximum Gasteiger partial charge on any atom is 0.225 e. The monoisotopic (exact) mass is 159 g/mol. The van der Waals surface area contributed by atoms with E-state index < -0.39 is 0 Å². The van der Waals surface area contributed by atoms with Gasteiger partial charge in [-0.25, -0.2) is 0 Å². The summed E-state index contributed by atoms with van der Waals surface area (Å²) in [4.78, 5) is 13.1. The lowest BCUT2D eigenvalue weighted by molar-refractivity contribution is -0.130. The Balaban J connectivity index is 2.41. The molecule has 58 valence electrons. The third-order valence-corrected chi connectivity index (χ3v) is 2.14. The molecule has 1 atom stereocenters. The molecule has 10 heavy (non-hydrogen) atoms. The average Bonchev–Trinajstić information content (AvgIpc) is 2.20. The summed E-state index contributed by atoms with van der Waals surface area (Å²) >= 11 is 4.07. The second-order valence-corrected chi connectivity index (χ2v) is 3.19. The van der Waals surface area contributed by atoms with Gasteiger partial charge >= 0.3 is 0 Å². The van der Waals surface area contributed by atoms with Gasteiger partial charge in [-0.1, -0.05) is 6.92 Å². The third-order valence-electron chi connectivity index (χ3n) is 1.94. The van der Waals surface area contributed by atoms with Crippen LogP contribution in [0.5, 0.6) is 0 Å². The van der Waals surface area contributed by atoms with Crippen LogP contribution in [0, 0.1) is 5.92 Å². The van der Waals surface area contributed by atoms with E-state index >= 15 is 0 Å². The van der Waals surface area contributed by atoms with Crippen molar-refractivity contribution in [3.63, 3.8) is 0 Å². The average molecular weight is 159 g/mol. The fourth-order valence-electron chi connectivity index (χ4n) is 1.24. The first-order chi connectivity index (χ1) is 4.75. The first-order valence-corrected chi connectivity index (χ1v) is 4.28. The number of carbonyl (C=O) groups is 1. The van der Waals surface area contributed by atoms with Crippen LogP contribution in [0.25, 0.3) is 0 Å². The van der Waals surface area contributed by atoms with Gasteiger partial charge in [-0.05, 0) is 6.42 Å². The van der Waals surface area contributed by atoms with Crippen molar-refractivity contribution in [2.45, 2.75) is 13.3 Å². The molecule has 0 aromatic rings. The van der Waals surface area contributed by atoms with E-state index in [0.717, 1.165) is 25.3 Å². The van der Waals surface area contributed by atoms with Gasteiger partial charge in [0, 0.05) is 24.8 Å². The minimum atomic E-state index is 0.250. The fraction of sp³-hybridized carbons (Fsp3) is 0.857. The molecule has 1 amide bonds. The molecule has 1 heterocycles. The highest BCUT2D eigenvalue weighted by Crippen LogP contribution is 2.16. The molecule has 0 N–H and O–H groups in total. The zero-order chi connectivity index (χ0) is 7.56. The largest absolute Gasteiger partial charge is 0.342 e. The predicted octanol–water partition coefficient (Wildman–Crippen LogP) is 0.785. The van der Waals surface area contributed by atoms with Crippen molar-refractivity contribution in [1.29, 1.82) is 0 Å². The Morgan fingerprint density at radius 2 is 2.50 bits per heavy atom. The summed E-state index contributed by atoms with van der Waals surface area (Å²) in [5.74, 6) is 1.33. The normalized spacial score (nSPS) is 26.0. The highest BCUT2D eigenvalue weighted by Gasteiger charge is 2.26. The molecule has 1 aliphatic rings. The van der Waals surface area contributed by atoms with E-state index in [-0.39, 0.29) is 5.92 Å². The highest BCUT2D eigenvalue weighted by molar-refractivity contribution is 7.80. The molecular weight excluding hydrogens is 146 g/mol. The van der Waals surface area contributed by atoms with Gasteiger partial charge in [-0.2, -0.15) is 12.6 Å². The highest BCUT2D eigenvalue weighted by atomic mass is 32.1. The maximum atomic E-state index is 11.2. The van der Waals surface area contributed by atoms with E-state index in [1.165, 1.54) is 0 Å². The van der Waals surface area contributed by atoms with Crippen molar-refractivity contribution in [3.8, 4) is 0 Å². The first-order valence-electron chi connectivity index (χ1n) is 3.65. The van der Waals surface area contributed by atoms with Gasteiger partial charge in [-0.15, -0.1) is 0 Å². The number of rotatable bonds is 2. The van der Waals surface area contributed by atoms with Crippen LogP contribution in [0.3, 0.4) is 0 Å². The number of hydrogen-bond acceptors (Lipinski definition) is 2. The zero-order valence-electron chi connectivity index (χ0n) is 6.21. The summed E-state index contributed by atoms with van der Waals surface area (Å²) in [5, 5.41) is 0. The maximum absolute atomic E-state index is 11.2. The summed E-state index contributed by atoms with van der Waals surface area (Å²) in [6.45, 7) is 3.73. The Hall–Kier alpha value is -0.180. The molecule has 0 spiro atoms. The fourth-order valence-corrected chi connectivity index (χ4v) is 1.48. The summed E-state index contributed by atoms with van der Waals surface area (Å²) < 4.78 is 0. The minimum absolute atomic E-state index is 0.250. The van der Waals surface area contributed by atoms with E-state index in [9.17, 15) is 4.79 Å². The van der Waals surface area contributed by atoms with Crippen molar-refractivity contribution < 1.29 is 4.79 Å². The first kappa shape index (κ1) is 7.92. The smallest absolute Gasteiger partial charge is 0.225 e. The SMILES string of the molecule is CC1CCN(CCS)C1=O. The van der Waals surface area contributed by atoms with Gasteiger partial charge in [0.05, 0.1) is 0 Å². The molecule has 0 radical (unpaired) electrons. The topological polar surface area (TPSA) is 20.3 Å². The third kappa shape index (κ3) is 1.45. The molecule has 0 saturated carbocycles. The van der Waals surface area contributed by atoms with Crippen molar-refractivity contribution in [2.75, 3.05) is 18.8 Å². The van der Waals surface area contributed by atoms with E-state index in [0.29, 0.717) is 5.91 Å². The summed E-state index contributed by atoms with van der Waals surface area (Å²) in [6.07, 6.45) is 1.02. The van der Waals surface area contributed by atoms with Crippen LogP contribution >= 0.6 is 12.6 Å². The van der Waals surface area contributed by atoms with Crippen molar-refractivity contribution in [3.05, 3.63) is 0 Å². The molecule has 2 nitrogen and oxygen atoms in total. The summed E-state index contributed by atoms with van der Waals surface area (Å²) in [6, 6.07) is 0. The lowest BCUT2D eigenvalue weighted by Crippen LogP contribution is -2.28. The standard InChI is InChI=1S/C7H13NOS/c1-6-2-3-8(4-5-10)7(6)9/h6,10H,2-5H2,1H3. The van der Waals surface area contributed by atoms with Gasteiger partial charge in [0.1, 0.15) is 0 Å². The van der Waals surface area contributed by atoms with E-state index in [1.54, 1.807) is 0 Å². The Labute approximate surface area is 67.0 Å². The molecule has 0 aliphatic carbocycles. The number of likely N-dealkylation sites (tertiary alicyclic amines) is 1. The Morgan fingerprint density at radius 3 is 2.90 bits per heavy atom. The lowest BCUT2D eigenvalue weighted by atomic mass is 10.1. The molecule has 0 aromatic heterocycles. The lowest BCUT2D eigenvalue weighted by Gasteiger charge is -2.13. The molecule has 1 rings (SSSR count). The number of thiol groups is 1. The molecule has 1 fully saturated rings. The minimum Gasteiger partial charge on any atom is -0.342 e. The van der Waals surface area contributed by atoms with Gasteiger partial charge in [0.25, 0.3) is 0 Å². The zero-order valence-corrected chi connectivity index (χ0v) is 7.10. The number of hydrogen-bond donors (Lipinski definition) is 1. The van der Waals surface area contributed by atoms with Gasteiger partial charge in [-0.3, -0.25) is 4.79 Å². The van der Waals surface area contributed by atoms with Gasteiger partial charge in [0.2, 0.25) is 5.91 Å². The van der Waals surface area contributed by atoms with Crippen LogP contribution < -0.4 is 0 Å². The van der Waals surface area contributed by atoms with Crippen LogP contribution in [0.1, 0.15) is 13.3 Å². The second-order valence-electron chi connectivity index (χ2n) is 2.74. The van der Waals surface area contributed by atoms with Crippen LogP contribution in [0.15, 0.2) is 0 Å². The number of carbonyl (C=O) groups excluding carboxylic acids is 1. The van der Waals surface area contributed by atoms with Gasteiger partial charge in [0.15, 0.2) is 0 Å². The van der Waals surface area contributed by atoms with Crippen molar-refractivity contribution in [2.24, 2.45) is 5.92 Å². The van der Waals surface area contributed by atoms with Crippen LogP contribution in [-0.4, -0.2) is 29.6 Å². The summed E-state index contributed by atoms with van der Waals surface area (Å²) in [7, 11) is 0. The molecule has 1 saturated heterocycles. The number of amides is 1. The second kappa shape index (κ2) is 3.28. The summed E-state index contributed by atoms with van der Waals surface area (Å²) in [5.41, 5.74) is 0. The quantitative estimate of drug-likeness (QED) is 0.590. The Bertz CT molecular complexity index is 136. The van der Waals surface area contributed by atoms with E-state index in [1.807, 2.05) is 11.8 Å². The predicted molar refractivity (Wildman–Crippen MR) is 44.2 cm³/mol. The number of nitrogens with zero attached hydrogens (tertiary/aromatic N) is 1. The van der Waals surface area contributed by atoms with Crippen molar-refractivity contribution in [1.82, 2.24) is 4.90 Å². The molecular formula is C7H13NOS. The van der Waals surface area contributed by atoms with Gasteiger partial charge < -0.3 is 4.90 Å². The Morgan fingerprint density at radius 1 is 1.80 bits per heavy atom. The molecule has 0 aromatic carbocycles. The Kier molecular flexibility index (Phi) is 2.60. The van der Waals surface area contributed by atoms with E-state index in [4.69, 9.17) is 0 Å². The van der Waals surface area contributed by atoms with Crippen LogP contribution in [0.2, 0.25) is 0 Å². The van der Waals surface area contributed by atoms with Crippen molar-refractivity contribution >= 4 is 18.5 Å². The van der Waals surface area contributed by atoms with Crippen LogP contribution in [0.4, 0.5) is 0 Å². The van der Waals surface area contributed by atoms with Crippen LogP contribution in [-0.2, 0) is 4.79 Å². The molecule has 0 bridgehead atoms. The molecule has 1 aliphatic heterocycles. The van der Waals surface area contributed by atoms with E-state index in [2.05, 4.69) is 12.6 Å². The molecule has 3 heteroatoms. The molecule has 1 unspecified atom stereocenters.